The van der Waals surface area contributed by atoms with E-state index in [4.69, 9.17) is 9.47 Å². The number of nitrogens with zero attached hydrogens (tertiary/aromatic N) is 5. The molecular weight excluding hydrogens is 470 g/mol. The zero-order chi connectivity index (χ0) is 26.0. The van der Waals surface area contributed by atoms with Gasteiger partial charge in [0.15, 0.2) is 11.4 Å². The first-order chi connectivity index (χ1) is 17.8. The molecule has 9 heteroatoms. The van der Waals surface area contributed by atoms with E-state index in [1.807, 2.05) is 43.7 Å². The molecule has 0 aliphatic carbocycles. The molecule has 1 saturated heterocycles. The third-order valence-electron chi connectivity index (χ3n) is 6.18. The van der Waals surface area contributed by atoms with Crippen LogP contribution < -0.4 is 4.74 Å². The summed E-state index contributed by atoms with van der Waals surface area (Å²) in [6, 6.07) is 16.2. The zero-order valence-corrected chi connectivity index (χ0v) is 21.1. The monoisotopic (exact) mass is 499 g/mol. The second kappa shape index (κ2) is 10.0. The summed E-state index contributed by atoms with van der Waals surface area (Å²) in [5, 5.41) is 5.27. The predicted octanol–water partition coefficient (Wildman–Crippen LogP) is 5.42. The highest BCUT2D eigenvalue weighted by molar-refractivity contribution is 6.09. The maximum absolute atomic E-state index is 12.7. The van der Waals surface area contributed by atoms with Gasteiger partial charge in [0.05, 0.1) is 12.2 Å². The van der Waals surface area contributed by atoms with Gasteiger partial charge in [-0.25, -0.2) is 19.4 Å². The lowest BCUT2D eigenvalue weighted by Gasteiger charge is -2.33. The number of ether oxygens (including phenoxy) is 2. The molecule has 9 nitrogen and oxygen atoms in total. The number of rotatable bonds is 5. The summed E-state index contributed by atoms with van der Waals surface area (Å²) in [6.07, 6.45) is 4.36. The molecule has 1 aliphatic rings. The predicted molar refractivity (Wildman–Crippen MR) is 138 cm³/mol. The van der Waals surface area contributed by atoms with Crippen LogP contribution in [0.25, 0.3) is 11.0 Å². The fourth-order valence-corrected chi connectivity index (χ4v) is 4.35. The minimum atomic E-state index is -0.517. The Labute approximate surface area is 215 Å². The molecule has 3 heterocycles. The molecule has 1 fully saturated rings. The molecule has 37 heavy (non-hydrogen) atoms. The number of piperidine rings is 1. The second-order valence-electron chi connectivity index (χ2n) is 10.0. The fourth-order valence-electron chi connectivity index (χ4n) is 4.35. The van der Waals surface area contributed by atoms with Gasteiger partial charge in [-0.15, -0.1) is 0 Å². The highest BCUT2D eigenvalue weighted by Crippen LogP contribution is 2.31. The average Bonchev–Trinajstić information content (AvgIpc) is 3.34. The van der Waals surface area contributed by atoms with E-state index in [2.05, 4.69) is 15.1 Å². The number of benzene rings is 2. The van der Waals surface area contributed by atoms with Gasteiger partial charge in [-0.1, -0.05) is 30.3 Å². The van der Waals surface area contributed by atoms with E-state index in [1.54, 1.807) is 47.5 Å². The van der Waals surface area contributed by atoms with Gasteiger partial charge < -0.3 is 14.4 Å². The van der Waals surface area contributed by atoms with E-state index >= 15 is 0 Å². The minimum Gasteiger partial charge on any atom is -0.444 e. The maximum Gasteiger partial charge on any atom is 0.410 e. The molecule has 5 rings (SSSR count). The van der Waals surface area contributed by atoms with E-state index in [0.29, 0.717) is 46.9 Å². The number of carbonyl (C=O) groups is 2. The Morgan fingerprint density at radius 1 is 0.919 bits per heavy atom. The van der Waals surface area contributed by atoms with Crippen molar-refractivity contribution in [3.8, 4) is 11.6 Å². The zero-order valence-electron chi connectivity index (χ0n) is 21.1. The number of likely N-dealkylation sites (tertiary alicyclic amines) is 1. The summed E-state index contributed by atoms with van der Waals surface area (Å²) in [5.74, 6) is 0.906. The number of carbonyl (C=O) groups excluding carboxylic acids is 2. The smallest absolute Gasteiger partial charge is 0.410 e. The van der Waals surface area contributed by atoms with Gasteiger partial charge in [-0.3, -0.25) is 4.79 Å². The third kappa shape index (κ3) is 5.45. The number of aromatic nitrogens is 4. The number of fused-ring (bicyclic) bond motifs is 1. The van der Waals surface area contributed by atoms with Crippen molar-refractivity contribution in [1.29, 1.82) is 0 Å². The number of hydrogen-bond acceptors (Lipinski definition) is 7. The third-order valence-corrected chi connectivity index (χ3v) is 6.18. The Kier molecular flexibility index (Phi) is 6.60. The summed E-state index contributed by atoms with van der Waals surface area (Å²) < 4.78 is 13.4. The maximum atomic E-state index is 12.7. The summed E-state index contributed by atoms with van der Waals surface area (Å²) in [7, 11) is 0. The van der Waals surface area contributed by atoms with Crippen LogP contribution in [-0.2, 0) is 4.74 Å². The molecule has 0 atom stereocenters. The molecule has 4 aromatic rings. The van der Waals surface area contributed by atoms with Crippen LogP contribution in [0.5, 0.6) is 11.6 Å². The molecule has 2 aromatic heterocycles. The minimum absolute atomic E-state index is 0.0458. The van der Waals surface area contributed by atoms with E-state index in [0.717, 1.165) is 12.8 Å². The Morgan fingerprint density at radius 2 is 1.59 bits per heavy atom. The van der Waals surface area contributed by atoms with Crippen LogP contribution >= 0.6 is 0 Å². The lowest BCUT2D eigenvalue weighted by atomic mass is 10.0. The molecule has 0 saturated carbocycles. The van der Waals surface area contributed by atoms with Crippen LogP contribution in [-0.4, -0.2) is 55.2 Å². The van der Waals surface area contributed by atoms with E-state index < -0.39 is 5.60 Å². The van der Waals surface area contributed by atoms with Crippen LogP contribution in [0.15, 0.2) is 67.1 Å². The van der Waals surface area contributed by atoms with Crippen molar-refractivity contribution in [3.05, 3.63) is 78.2 Å². The molecule has 0 bridgehead atoms. The second-order valence-corrected chi connectivity index (χ2v) is 10.0. The highest BCUT2D eigenvalue weighted by Gasteiger charge is 2.29. The van der Waals surface area contributed by atoms with Gasteiger partial charge in [0.1, 0.15) is 23.1 Å². The largest absolute Gasteiger partial charge is 0.444 e. The van der Waals surface area contributed by atoms with Crippen LogP contribution in [0.3, 0.4) is 0 Å². The van der Waals surface area contributed by atoms with Crippen molar-refractivity contribution in [3.63, 3.8) is 0 Å². The summed E-state index contributed by atoms with van der Waals surface area (Å²) in [6.45, 7) is 6.77. The summed E-state index contributed by atoms with van der Waals surface area (Å²) in [5.41, 5.74) is 1.38. The van der Waals surface area contributed by atoms with Gasteiger partial charge in [-0.2, -0.15) is 5.10 Å². The van der Waals surface area contributed by atoms with Gasteiger partial charge in [0, 0.05) is 24.2 Å². The number of amides is 1. The van der Waals surface area contributed by atoms with Crippen molar-refractivity contribution >= 4 is 22.9 Å². The molecular formula is C28H29N5O4. The van der Waals surface area contributed by atoms with Crippen molar-refractivity contribution in [2.24, 2.45) is 0 Å². The Bertz CT molecular complexity index is 1400. The van der Waals surface area contributed by atoms with Gasteiger partial charge >= 0.3 is 6.09 Å². The van der Waals surface area contributed by atoms with Crippen molar-refractivity contribution in [2.75, 3.05) is 13.1 Å². The summed E-state index contributed by atoms with van der Waals surface area (Å²) in [4.78, 5) is 35.6. The van der Waals surface area contributed by atoms with Crippen molar-refractivity contribution in [2.45, 2.75) is 45.3 Å². The number of hydrogen-bond donors (Lipinski definition) is 0. The Balaban J connectivity index is 1.28. The topological polar surface area (TPSA) is 99.4 Å². The molecule has 0 spiro atoms. The van der Waals surface area contributed by atoms with E-state index in [1.165, 1.54) is 6.33 Å². The first-order valence-electron chi connectivity index (χ1n) is 12.3. The SMILES string of the molecule is CC(C)(C)OC(=O)N1CCC(n2ncc3c(Oc4ccc(C(=O)c5ccccc5)cc4)ncnc32)CC1. The average molecular weight is 500 g/mol. The normalized spacial score (nSPS) is 14.5. The molecule has 0 N–H and O–H groups in total. The Morgan fingerprint density at radius 3 is 2.27 bits per heavy atom. The van der Waals surface area contributed by atoms with E-state index in [-0.39, 0.29) is 17.9 Å². The van der Waals surface area contributed by atoms with Crippen LogP contribution in [0.4, 0.5) is 4.79 Å². The quantitative estimate of drug-likeness (QED) is 0.338. The Hall–Kier alpha value is -4.27. The molecule has 190 valence electrons. The molecule has 0 unspecified atom stereocenters. The fraction of sp³-hybridized carbons (Fsp3) is 0.321. The standard InChI is InChI=1S/C28H29N5O4/c1-28(2,3)37-27(35)32-15-13-21(14-16-32)33-25-23(17-31-33)26(30-18-29-25)36-22-11-9-20(10-12-22)24(34)19-7-5-4-6-8-19/h4-12,17-18,21H,13-16H2,1-3H3. The molecule has 0 radical (unpaired) electrons. The van der Waals surface area contributed by atoms with Crippen molar-refractivity contribution < 1.29 is 19.1 Å². The first kappa shape index (κ1) is 24.4. The van der Waals surface area contributed by atoms with Crippen molar-refractivity contribution in [1.82, 2.24) is 24.6 Å². The van der Waals surface area contributed by atoms with Crippen LogP contribution in [0.2, 0.25) is 0 Å². The van der Waals surface area contributed by atoms with Crippen LogP contribution in [0.1, 0.15) is 55.6 Å². The van der Waals surface area contributed by atoms with Gasteiger partial charge in [-0.05, 0) is 57.9 Å². The van der Waals surface area contributed by atoms with Gasteiger partial charge in [0.2, 0.25) is 5.88 Å². The van der Waals surface area contributed by atoms with E-state index in [9.17, 15) is 9.59 Å². The first-order valence-corrected chi connectivity index (χ1v) is 12.3. The molecule has 1 amide bonds. The lowest BCUT2D eigenvalue weighted by Crippen LogP contribution is -2.42. The summed E-state index contributed by atoms with van der Waals surface area (Å²) >= 11 is 0. The molecule has 2 aromatic carbocycles. The highest BCUT2D eigenvalue weighted by atomic mass is 16.6. The lowest BCUT2D eigenvalue weighted by molar-refractivity contribution is 0.0186. The van der Waals surface area contributed by atoms with Gasteiger partial charge in [0.25, 0.3) is 0 Å². The van der Waals surface area contributed by atoms with Crippen LogP contribution in [0, 0.1) is 0 Å². The number of ketones is 1. The molecule has 1 aliphatic heterocycles.